The second-order valence-corrected chi connectivity index (χ2v) is 9.07. The van der Waals surface area contributed by atoms with Gasteiger partial charge in [0.2, 0.25) is 5.91 Å². The number of rotatable bonds is 8. The normalized spacial score (nSPS) is 14.1. The maximum atomic E-state index is 13.5. The molecule has 1 fully saturated rings. The number of H-pyrrole nitrogens is 1. The van der Waals surface area contributed by atoms with Crippen LogP contribution in [-0.4, -0.2) is 15.5 Å². The van der Waals surface area contributed by atoms with E-state index in [0.29, 0.717) is 12.3 Å². The quantitative estimate of drug-likeness (QED) is 0.529. The van der Waals surface area contributed by atoms with E-state index in [2.05, 4.69) is 4.98 Å². The van der Waals surface area contributed by atoms with Crippen molar-refractivity contribution in [2.24, 2.45) is 5.92 Å². The summed E-state index contributed by atoms with van der Waals surface area (Å²) < 4.78 is 1.32. The van der Waals surface area contributed by atoms with Crippen LogP contribution >= 0.6 is 0 Å². The molecule has 4 rings (SSSR count). The van der Waals surface area contributed by atoms with E-state index in [4.69, 9.17) is 5.73 Å². The lowest BCUT2D eigenvalue weighted by Gasteiger charge is -2.26. The predicted octanol–water partition coefficient (Wildman–Crippen LogP) is 4.06. The van der Waals surface area contributed by atoms with Crippen LogP contribution in [0.3, 0.4) is 0 Å². The molecule has 1 aromatic heterocycles. The van der Waals surface area contributed by atoms with E-state index in [1.54, 1.807) is 0 Å². The Morgan fingerprint density at radius 2 is 1.56 bits per heavy atom. The Bertz CT molecular complexity index is 1210. The summed E-state index contributed by atoms with van der Waals surface area (Å²) in [5.74, 6) is 0.384. The van der Waals surface area contributed by atoms with Gasteiger partial charge in [-0.15, -0.1) is 0 Å². The molecule has 0 aliphatic heterocycles. The Hall–Kier alpha value is -3.61. The van der Waals surface area contributed by atoms with Crippen molar-refractivity contribution in [3.8, 4) is 0 Å². The first kappa shape index (κ1) is 23.5. The summed E-state index contributed by atoms with van der Waals surface area (Å²) in [7, 11) is 0. The number of nitrogens with two attached hydrogens (primary N) is 1. The maximum Gasteiger partial charge on any atom is 0.330 e. The SMILES string of the molecule is Nc1c(N(Cc2ccccc2)C(=O)CCC2CCCCC2)c(=O)[nH]c(=O)n1Cc1ccccc1. The number of aromatic amines is 1. The third-order valence-corrected chi connectivity index (χ3v) is 6.64. The number of nitrogens with one attached hydrogen (secondary N) is 1. The van der Waals surface area contributed by atoms with Gasteiger partial charge in [-0.3, -0.25) is 19.1 Å². The molecule has 7 heteroatoms. The number of nitrogen functional groups attached to an aromatic ring is 1. The molecule has 2 aromatic carbocycles. The van der Waals surface area contributed by atoms with Gasteiger partial charge in [-0.05, 0) is 23.5 Å². The lowest BCUT2D eigenvalue weighted by atomic mass is 9.86. The van der Waals surface area contributed by atoms with Crippen LogP contribution in [0.1, 0.15) is 56.1 Å². The fraction of sp³-hybridized carbons (Fsp3) is 0.370. The van der Waals surface area contributed by atoms with Crippen molar-refractivity contribution in [3.63, 3.8) is 0 Å². The molecular weight excluding hydrogens is 428 g/mol. The summed E-state index contributed by atoms with van der Waals surface area (Å²) in [6.07, 6.45) is 7.12. The first-order valence-electron chi connectivity index (χ1n) is 12.0. The topological polar surface area (TPSA) is 101 Å². The lowest BCUT2D eigenvalue weighted by molar-refractivity contribution is -0.119. The van der Waals surface area contributed by atoms with E-state index in [-0.39, 0.29) is 30.5 Å². The average molecular weight is 461 g/mol. The highest BCUT2D eigenvalue weighted by molar-refractivity contribution is 5.95. The fourth-order valence-corrected chi connectivity index (χ4v) is 4.76. The van der Waals surface area contributed by atoms with Crippen molar-refractivity contribution >= 4 is 17.4 Å². The number of hydrogen-bond donors (Lipinski definition) is 2. The Balaban J connectivity index is 1.68. The summed E-state index contributed by atoms with van der Waals surface area (Å²) in [6, 6.07) is 18.9. The zero-order chi connectivity index (χ0) is 23.9. The highest BCUT2D eigenvalue weighted by Gasteiger charge is 2.25. The first-order valence-corrected chi connectivity index (χ1v) is 12.0. The van der Waals surface area contributed by atoms with E-state index < -0.39 is 11.2 Å². The molecule has 0 bridgehead atoms. The number of nitrogens with zero attached hydrogens (tertiary/aromatic N) is 2. The molecule has 34 heavy (non-hydrogen) atoms. The molecule has 1 amide bonds. The van der Waals surface area contributed by atoms with Crippen LogP contribution in [0.4, 0.5) is 11.5 Å². The number of amides is 1. The molecule has 0 atom stereocenters. The van der Waals surface area contributed by atoms with Crippen LogP contribution in [0.15, 0.2) is 70.3 Å². The highest BCUT2D eigenvalue weighted by Crippen LogP contribution is 2.28. The maximum absolute atomic E-state index is 13.5. The number of carbonyl (C=O) groups is 1. The molecule has 0 saturated heterocycles. The number of hydrogen-bond acceptors (Lipinski definition) is 4. The standard InChI is InChI=1S/C27H32N4O3/c28-25-24(26(33)29-27(34)31(25)19-22-14-8-3-9-15-22)30(18-21-12-6-2-7-13-21)23(32)17-16-20-10-4-1-5-11-20/h2-3,6-9,12-15,20H,1,4-5,10-11,16-19,28H2,(H,29,33,34). The average Bonchev–Trinajstić information content (AvgIpc) is 2.86. The Labute approximate surface area is 199 Å². The van der Waals surface area contributed by atoms with Crippen molar-refractivity contribution in [1.29, 1.82) is 0 Å². The third kappa shape index (κ3) is 5.65. The van der Waals surface area contributed by atoms with Crippen LogP contribution in [-0.2, 0) is 17.9 Å². The van der Waals surface area contributed by atoms with Gasteiger partial charge in [0, 0.05) is 6.42 Å². The molecule has 3 N–H and O–H groups in total. The highest BCUT2D eigenvalue weighted by atomic mass is 16.2. The minimum absolute atomic E-state index is 0.000416. The smallest absolute Gasteiger partial charge is 0.330 e. The number of aromatic nitrogens is 2. The second kappa shape index (κ2) is 11.0. The van der Waals surface area contributed by atoms with Crippen LogP contribution in [0.2, 0.25) is 0 Å². The Kier molecular flexibility index (Phi) is 7.62. The molecule has 0 spiro atoms. The van der Waals surface area contributed by atoms with Crippen LogP contribution < -0.4 is 21.9 Å². The molecule has 1 heterocycles. The Morgan fingerprint density at radius 3 is 2.21 bits per heavy atom. The summed E-state index contributed by atoms with van der Waals surface area (Å²) in [6.45, 7) is 0.409. The van der Waals surface area contributed by atoms with E-state index >= 15 is 0 Å². The number of anilines is 2. The van der Waals surface area contributed by atoms with Crippen LogP contribution in [0.5, 0.6) is 0 Å². The van der Waals surface area contributed by atoms with Gasteiger partial charge in [0.1, 0.15) is 5.82 Å². The van der Waals surface area contributed by atoms with Crippen molar-refractivity contribution < 1.29 is 4.79 Å². The van der Waals surface area contributed by atoms with Gasteiger partial charge in [-0.1, -0.05) is 92.8 Å². The minimum atomic E-state index is -0.645. The third-order valence-electron chi connectivity index (χ3n) is 6.64. The number of benzene rings is 2. The van der Waals surface area contributed by atoms with Crippen LogP contribution in [0.25, 0.3) is 0 Å². The van der Waals surface area contributed by atoms with Gasteiger partial charge in [-0.25, -0.2) is 4.79 Å². The molecule has 1 aliphatic rings. The minimum Gasteiger partial charge on any atom is -0.383 e. The summed E-state index contributed by atoms with van der Waals surface area (Å²) in [5, 5.41) is 0. The van der Waals surface area contributed by atoms with Gasteiger partial charge >= 0.3 is 5.69 Å². The summed E-state index contributed by atoms with van der Waals surface area (Å²) in [5.41, 5.74) is 6.96. The van der Waals surface area contributed by atoms with E-state index in [1.165, 1.54) is 28.7 Å². The molecule has 1 aliphatic carbocycles. The molecule has 0 radical (unpaired) electrons. The van der Waals surface area contributed by atoms with Crippen molar-refractivity contribution in [3.05, 3.63) is 92.6 Å². The summed E-state index contributed by atoms with van der Waals surface area (Å²) in [4.78, 5) is 42.9. The van der Waals surface area contributed by atoms with E-state index in [0.717, 1.165) is 30.4 Å². The molecule has 178 valence electrons. The van der Waals surface area contributed by atoms with Gasteiger partial charge < -0.3 is 10.6 Å². The molecular formula is C27H32N4O3. The molecule has 1 saturated carbocycles. The summed E-state index contributed by atoms with van der Waals surface area (Å²) >= 11 is 0. The predicted molar refractivity (Wildman–Crippen MR) is 135 cm³/mol. The van der Waals surface area contributed by atoms with Gasteiger partial charge in [0.05, 0.1) is 13.1 Å². The van der Waals surface area contributed by atoms with E-state index in [1.807, 2.05) is 60.7 Å². The van der Waals surface area contributed by atoms with E-state index in [9.17, 15) is 14.4 Å². The number of carbonyl (C=O) groups excluding carboxylic acids is 1. The van der Waals surface area contributed by atoms with Crippen LogP contribution in [0, 0.1) is 5.92 Å². The fourth-order valence-electron chi connectivity index (χ4n) is 4.76. The largest absolute Gasteiger partial charge is 0.383 e. The monoisotopic (exact) mass is 460 g/mol. The van der Waals surface area contributed by atoms with Crippen molar-refractivity contribution in [1.82, 2.24) is 9.55 Å². The van der Waals surface area contributed by atoms with Gasteiger partial charge in [0.15, 0.2) is 5.69 Å². The van der Waals surface area contributed by atoms with Gasteiger partial charge in [0.25, 0.3) is 5.56 Å². The van der Waals surface area contributed by atoms with Gasteiger partial charge in [-0.2, -0.15) is 0 Å². The lowest BCUT2D eigenvalue weighted by Crippen LogP contribution is -2.41. The zero-order valence-electron chi connectivity index (χ0n) is 19.4. The van der Waals surface area contributed by atoms with Crippen molar-refractivity contribution in [2.45, 2.75) is 58.0 Å². The van der Waals surface area contributed by atoms with Crippen molar-refractivity contribution in [2.75, 3.05) is 10.6 Å². The molecule has 7 nitrogen and oxygen atoms in total. The zero-order valence-corrected chi connectivity index (χ0v) is 19.4. The molecule has 3 aromatic rings. The molecule has 0 unspecified atom stereocenters. The Morgan fingerprint density at radius 1 is 0.941 bits per heavy atom. The second-order valence-electron chi connectivity index (χ2n) is 9.07. The first-order chi connectivity index (χ1) is 16.5.